The molecule has 0 radical (unpaired) electrons. The van der Waals surface area contributed by atoms with Crippen LogP contribution in [0.3, 0.4) is 0 Å². The fourth-order valence-electron chi connectivity index (χ4n) is 2.18. The molecule has 1 fully saturated rings. The van der Waals surface area contributed by atoms with E-state index in [0.717, 1.165) is 26.2 Å². The average molecular weight is 244 g/mol. The first-order valence-corrected chi connectivity index (χ1v) is 6.72. The van der Waals surface area contributed by atoms with Gasteiger partial charge in [-0.2, -0.15) is 0 Å². The summed E-state index contributed by atoms with van der Waals surface area (Å²) in [5, 5.41) is 3.17. The zero-order valence-corrected chi connectivity index (χ0v) is 11.7. The van der Waals surface area contributed by atoms with Gasteiger partial charge in [0.2, 0.25) is 0 Å². The molecule has 1 aliphatic heterocycles. The summed E-state index contributed by atoms with van der Waals surface area (Å²) >= 11 is 0. The van der Waals surface area contributed by atoms with E-state index in [1.807, 2.05) is 7.05 Å². The maximum atomic E-state index is 5.95. The van der Waals surface area contributed by atoms with Crippen molar-refractivity contribution in [1.29, 1.82) is 0 Å². The van der Waals surface area contributed by atoms with Crippen LogP contribution in [0.5, 0.6) is 0 Å². The molecule has 2 unspecified atom stereocenters. The van der Waals surface area contributed by atoms with Crippen molar-refractivity contribution >= 4 is 0 Å². The number of nitrogens with zero attached hydrogens (tertiary/aromatic N) is 1. The Bertz CT molecular complexity index is 200. The highest BCUT2D eigenvalue weighted by Crippen LogP contribution is 2.19. The van der Waals surface area contributed by atoms with E-state index < -0.39 is 0 Å². The molecule has 0 saturated carbocycles. The van der Waals surface area contributed by atoms with Gasteiger partial charge in [0.05, 0.1) is 24.9 Å². The Balaban J connectivity index is 2.08. The van der Waals surface area contributed by atoms with Crippen LogP contribution in [0, 0.1) is 0 Å². The van der Waals surface area contributed by atoms with E-state index in [1.165, 1.54) is 12.8 Å². The molecule has 0 aromatic rings. The molecule has 0 aliphatic carbocycles. The summed E-state index contributed by atoms with van der Waals surface area (Å²) in [4.78, 5) is 2.30. The molecule has 1 N–H and O–H groups in total. The van der Waals surface area contributed by atoms with E-state index in [2.05, 4.69) is 31.1 Å². The van der Waals surface area contributed by atoms with Gasteiger partial charge in [0.1, 0.15) is 0 Å². The van der Waals surface area contributed by atoms with Crippen LogP contribution >= 0.6 is 0 Å². The van der Waals surface area contributed by atoms with Crippen molar-refractivity contribution < 1.29 is 9.47 Å². The minimum Gasteiger partial charge on any atom is -0.377 e. The minimum absolute atomic E-state index is 0.325. The van der Waals surface area contributed by atoms with E-state index in [9.17, 15) is 0 Å². The van der Waals surface area contributed by atoms with E-state index in [1.54, 1.807) is 0 Å². The Kier molecular flexibility index (Phi) is 7.04. The molecule has 4 heteroatoms. The van der Waals surface area contributed by atoms with Crippen LogP contribution in [0.25, 0.3) is 0 Å². The third-order valence-corrected chi connectivity index (χ3v) is 3.07. The Labute approximate surface area is 106 Å². The van der Waals surface area contributed by atoms with Crippen molar-refractivity contribution in [2.75, 3.05) is 40.3 Å². The van der Waals surface area contributed by atoms with Gasteiger partial charge < -0.3 is 19.7 Å². The number of likely N-dealkylation sites (N-methyl/N-ethyl adjacent to an activating group) is 2. The lowest BCUT2D eigenvalue weighted by Gasteiger charge is -2.21. The van der Waals surface area contributed by atoms with Gasteiger partial charge in [-0.1, -0.05) is 0 Å². The first kappa shape index (κ1) is 14.9. The number of rotatable bonds is 8. The van der Waals surface area contributed by atoms with Crippen molar-refractivity contribution in [3.8, 4) is 0 Å². The molecule has 0 aromatic carbocycles. The average Bonchev–Trinajstić information content (AvgIpc) is 2.65. The highest BCUT2D eigenvalue weighted by Gasteiger charge is 2.25. The molecule has 1 saturated heterocycles. The number of ether oxygens (including phenoxy) is 2. The summed E-state index contributed by atoms with van der Waals surface area (Å²) in [5.74, 6) is 0. The lowest BCUT2D eigenvalue weighted by Crippen LogP contribution is -2.33. The lowest BCUT2D eigenvalue weighted by atomic mass is 10.2. The second-order valence-electron chi connectivity index (χ2n) is 5.20. The fourth-order valence-corrected chi connectivity index (χ4v) is 2.18. The summed E-state index contributed by atoms with van der Waals surface area (Å²) in [5.41, 5.74) is 0. The number of hydrogen-bond donors (Lipinski definition) is 1. The summed E-state index contributed by atoms with van der Waals surface area (Å²) in [7, 11) is 4.12. The lowest BCUT2D eigenvalue weighted by molar-refractivity contribution is 0.0172. The van der Waals surface area contributed by atoms with Gasteiger partial charge in [0.25, 0.3) is 0 Å². The third-order valence-electron chi connectivity index (χ3n) is 3.07. The molecule has 1 rings (SSSR count). The molecule has 0 spiro atoms. The van der Waals surface area contributed by atoms with Crippen molar-refractivity contribution in [3.63, 3.8) is 0 Å². The molecule has 1 aliphatic rings. The summed E-state index contributed by atoms with van der Waals surface area (Å²) in [6.45, 7) is 7.92. The highest BCUT2D eigenvalue weighted by molar-refractivity contribution is 4.76. The van der Waals surface area contributed by atoms with Gasteiger partial charge in [-0.05, 0) is 40.8 Å². The number of hydrogen-bond acceptors (Lipinski definition) is 4. The molecular formula is C13H28N2O2. The molecule has 17 heavy (non-hydrogen) atoms. The van der Waals surface area contributed by atoms with E-state index in [4.69, 9.17) is 9.47 Å². The quantitative estimate of drug-likeness (QED) is 0.693. The minimum atomic E-state index is 0.325. The summed E-state index contributed by atoms with van der Waals surface area (Å²) in [6.07, 6.45) is 3.50. The van der Waals surface area contributed by atoms with Crippen molar-refractivity contribution in [2.45, 2.75) is 45.0 Å². The summed E-state index contributed by atoms with van der Waals surface area (Å²) in [6, 6.07) is 0. The smallest absolute Gasteiger partial charge is 0.0707 e. The predicted octanol–water partition coefficient (Wildman–Crippen LogP) is 1.11. The van der Waals surface area contributed by atoms with Crippen LogP contribution in [-0.2, 0) is 9.47 Å². The van der Waals surface area contributed by atoms with Gasteiger partial charge in [-0.15, -0.1) is 0 Å². The largest absolute Gasteiger partial charge is 0.377 e. The van der Waals surface area contributed by atoms with E-state index >= 15 is 0 Å². The second-order valence-corrected chi connectivity index (χ2v) is 5.20. The molecule has 4 nitrogen and oxygen atoms in total. The monoisotopic (exact) mass is 244 g/mol. The van der Waals surface area contributed by atoms with Crippen LogP contribution in [0.1, 0.15) is 26.7 Å². The molecule has 0 bridgehead atoms. The Morgan fingerprint density at radius 3 is 2.71 bits per heavy atom. The van der Waals surface area contributed by atoms with Crippen LogP contribution < -0.4 is 5.32 Å². The fraction of sp³-hybridized carbons (Fsp3) is 1.00. The van der Waals surface area contributed by atoms with Gasteiger partial charge in [-0.3, -0.25) is 0 Å². The van der Waals surface area contributed by atoms with Crippen molar-refractivity contribution in [3.05, 3.63) is 0 Å². The van der Waals surface area contributed by atoms with E-state index in [-0.39, 0.29) is 0 Å². The summed E-state index contributed by atoms with van der Waals surface area (Å²) < 4.78 is 11.5. The SMILES string of the molecule is CNCC1CCC(CN(C)CCOC(C)C)O1. The van der Waals surface area contributed by atoms with Gasteiger partial charge >= 0.3 is 0 Å². The maximum absolute atomic E-state index is 5.95. The number of nitrogens with one attached hydrogen (secondary N) is 1. The van der Waals surface area contributed by atoms with Crippen LogP contribution in [0.15, 0.2) is 0 Å². The Hall–Kier alpha value is -0.160. The first-order valence-electron chi connectivity index (χ1n) is 6.72. The van der Waals surface area contributed by atoms with Crippen LogP contribution in [-0.4, -0.2) is 63.5 Å². The maximum Gasteiger partial charge on any atom is 0.0707 e. The van der Waals surface area contributed by atoms with Crippen LogP contribution in [0.2, 0.25) is 0 Å². The van der Waals surface area contributed by atoms with Crippen molar-refractivity contribution in [2.24, 2.45) is 0 Å². The molecule has 0 amide bonds. The van der Waals surface area contributed by atoms with Gasteiger partial charge in [-0.25, -0.2) is 0 Å². The first-order chi connectivity index (χ1) is 8.11. The van der Waals surface area contributed by atoms with Crippen molar-refractivity contribution in [1.82, 2.24) is 10.2 Å². The van der Waals surface area contributed by atoms with Gasteiger partial charge in [0.15, 0.2) is 0 Å². The molecule has 2 atom stereocenters. The van der Waals surface area contributed by atoms with Gasteiger partial charge in [0, 0.05) is 19.6 Å². The molecule has 1 heterocycles. The zero-order valence-electron chi connectivity index (χ0n) is 11.7. The predicted molar refractivity (Wildman–Crippen MR) is 70.4 cm³/mol. The Morgan fingerprint density at radius 2 is 2.06 bits per heavy atom. The second kappa shape index (κ2) is 8.03. The standard InChI is InChI=1S/C13H28N2O2/c1-11(2)16-8-7-15(4)10-13-6-5-12(17-13)9-14-3/h11-14H,5-10H2,1-4H3. The molecular weight excluding hydrogens is 216 g/mol. The van der Waals surface area contributed by atoms with E-state index in [0.29, 0.717) is 18.3 Å². The topological polar surface area (TPSA) is 33.7 Å². The zero-order chi connectivity index (χ0) is 12.7. The molecule has 102 valence electrons. The van der Waals surface area contributed by atoms with Crippen LogP contribution in [0.4, 0.5) is 0 Å². The Morgan fingerprint density at radius 1 is 1.35 bits per heavy atom. The molecule has 0 aromatic heterocycles. The normalized spacial score (nSPS) is 25.1. The highest BCUT2D eigenvalue weighted by atomic mass is 16.5. The third kappa shape index (κ3) is 6.36.